The van der Waals surface area contributed by atoms with Crippen LogP contribution in [-0.2, 0) is 16.1 Å². The van der Waals surface area contributed by atoms with Gasteiger partial charge >= 0.3 is 0 Å². The fourth-order valence-electron chi connectivity index (χ4n) is 2.89. The molecule has 0 radical (unpaired) electrons. The van der Waals surface area contributed by atoms with Crippen molar-refractivity contribution in [1.82, 2.24) is 25.3 Å². The van der Waals surface area contributed by atoms with Gasteiger partial charge in [-0.05, 0) is 19.7 Å². The van der Waals surface area contributed by atoms with Crippen LogP contribution >= 0.6 is 0 Å². The van der Waals surface area contributed by atoms with E-state index in [1.807, 2.05) is 43.3 Å². The van der Waals surface area contributed by atoms with E-state index < -0.39 is 0 Å². The SMILES string of the molecule is CN(C)CCN1C[C@@H](C(=O)NCc2ccc(-c3ncon3)cc2)CC1=O. The summed E-state index contributed by atoms with van der Waals surface area (Å²) in [6.07, 6.45) is 1.57. The minimum atomic E-state index is -0.275. The quantitative estimate of drug-likeness (QED) is 0.787. The number of hydrogen-bond donors (Lipinski definition) is 1. The number of nitrogens with zero attached hydrogens (tertiary/aromatic N) is 4. The van der Waals surface area contributed by atoms with Crippen LogP contribution in [0.1, 0.15) is 12.0 Å². The molecule has 8 heteroatoms. The van der Waals surface area contributed by atoms with Crippen molar-refractivity contribution in [2.75, 3.05) is 33.7 Å². The van der Waals surface area contributed by atoms with Gasteiger partial charge in [0.1, 0.15) is 0 Å². The Bertz CT molecular complexity index is 743. The lowest BCUT2D eigenvalue weighted by atomic mass is 10.1. The molecule has 2 aromatic rings. The van der Waals surface area contributed by atoms with Crippen molar-refractivity contribution in [3.05, 3.63) is 36.2 Å². The molecule has 2 heterocycles. The Hall–Kier alpha value is -2.74. The molecule has 0 unspecified atom stereocenters. The minimum absolute atomic E-state index is 0.0523. The fraction of sp³-hybridized carbons (Fsp3) is 0.444. The molecule has 8 nitrogen and oxygen atoms in total. The third-order valence-electron chi connectivity index (χ3n) is 4.44. The van der Waals surface area contributed by atoms with Gasteiger partial charge in [0.15, 0.2) is 0 Å². The van der Waals surface area contributed by atoms with Gasteiger partial charge in [0.25, 0.3) is 0 Å². The topological polar surface area (TPSA) is 91.6 Å². The van der Waals surface area contributed by atoms with E-state index in [0.717, 1.165) is 17.7 Å². The van der Waals surface area contributed by atoms with Crippen molar-refractivity contribution in [2.24, 2.45) is 5.92 Å². The third-order valence-corrected chi connectivity index (χ3v) is 4.44. The van der Waals surface area contributed by atoms with E-state index in [2.05, 4.69) is 15.5 Å². The Morgan fingerprint density at radius 1 is 1.35 bits per heavy atom. The maximum Gasteiger partial charge on any atom is 0.225 e. The van der Waals surface area contributed by atoms with Gasteiger partial charge < -0.3 is 19.6 Å². The van der Waals surface area contributed by atoms with Crippen LogP contribution in [0.5, 0.6) is 0 Å². The van der Waals surface area contributed by atoms with Crippen LogP contribution in [0.15, 0.2) is 35.2 Å². The van der Waals surface area contributed by atoms with Gasteiger partial charge in [-0.3, -0.25) is 9.59 Å². The highest BCUT2D eigenvalue weighted by Crippen LogP contribution is 2.18. The number of likely N-dealkylation sites (N-methyl/N-ethyl adjacent to an activating group) is 1. The Morgan fingerprint density at radius 3 is 2.77 bits per heavy atom. The Morgan fingerprint density at radius 2 is 2.12 bits per heavy atom. The van der Waals surface area contributed by atoms with Crippen molar-refractivity contribution in [1.29, 1.82) is 0 Å². The lowest BCUT2D eigenvalue weighted by Gasteiger charge is -2.19. The molecular formula is C18H23N5O3. The van der Waals surface area contributed by atoms with E-state index in [1.54, 1.807) is 4.90 Å². The summed E-state index contributed by atoms with van der Waals surface area (Å²) in [7, 11) is 3.93. The molecule has 3 rings (SSSR count). The van der Waals surface area contributed by atoms with Crippen LogP contribution in [0.2, 0.25) is 0 Å². The van der Waals surface area contributed by atoms with Crippen molar-refractivity contribution in [2.45, 2.75) is 13.0 Å². The van der Waals surface area contributed by atoms with Gasteiger partial charge in [0.2, 0.25) is 24.0 Å². The largest absolute Gasteiger partial charge is 0.352 e. The minimum Gasteiger partial charge on any atom is -0.352 e. The zero-order valence-corrected chi connectivity index (χ0v) is 15.0. The van der Waals surface area contributed by atoms with Gasteiger partial charge in [-0.15, -0.1) is 0 Å². The first-order chi connectivity index (χ1) is 12.5. The monoisotopic (exact) mass is 357 g/mol. The van der Waals surface area contributed by atoms with Gasteiger partial charge in [0, 0.05) is 38.2 Å². The molecule has 0 aliphatic carbocycles. The maximum absolute atomic E-state index is 12.4. The predicted octanol–water partition coefficient (Wildman–Crippen LogP) is 0.763. The molecule has 1 aliphatic rings. The smallest absolute Gasteiger partial charge is 0.225 e. The normalized spacial score (nSPS) is 17.1. The first-order valence-electron chi connectivity index (χ1n) is 8.59. The molecule has 0 bridgehead atoms. The molecule has 1 aliphatic heterocycles. The zero-order chi connectivity index (χ0) is 18.5. The van der Waals surface area contributed by atoms with Gasteiger partial charge in [-0.1, -0.05) is 29.4 Å². The molecule has 138 valence electrons. The van der Waals surface area contributed by atoms with E-state index >= 15 is 0 Å². The van der Waals surface area contributed by atoms with Crippen molar-refractivity contribution < 1.29 is 14.1 Å². The average Bonchev–Trinajstić information content (AvgIpc) is 3.28. The maximum atomic E-state index is 12.4. The van der Waals surface area contributed by atoms with Crippen LogP contribution in [0.4, 0.5) is 0 Å². The van der Waals surface area contributed by atoms with E-state index in [4.69, 9.17) is 4.52 Å². The summed E-state index contributed by atoms with van der Waals surface area (Å²) < 4.78 is 4.73. The highest BCUT2D eigenvalue weighted by molar-refractivity contribution is 5.89. The van der Waals surface area contributed by atoms with E-state index in [9.17, 15) is 9.59 Å². The number of carbonyl (C=O) groups is 2. The van der Waals surface area contributed by atoms with Crippen molar-refractivity contribution in [3.8, 4) is 11.4 Å². The van der Waals surface area contributed by atoms with Crippen molar-refractivity contribution >= 4 is 11.8 Å². The molecule has 1 fully saturated rings. The lowest BCUT2D eigenvalue weighted by Crippen LogP contribution is -2.35. The number of amides is 2. The third kappa shape index (κ3) is 4.45. The molecule has 1 atom stereocenters. The molecule has 1 aromatic heterocycles. The predicted molar refractivity (Wildman–Crippen MR) is 94.8 cm³/mol. The summed E-state index contributed by atoms with van der Waals surface area (Å²) in [4.78, 5) is 32.2. The average molecular weight is 357 g/mol. The van der Waals surface area contributed by atoms with Gasteiger partial charge in [0.05, 0.1) is 5.92 Å². The summed E-state index contributed by atoms with van der Waals surface area (Å²) >= 11 is 0. The Labute approximate surface area is 152 Å². The van der Waals surface area contributed by atoms with Gasteiger partial charge in [-0.2, -0.15) is 4.98 Å². The van der Waals surface area contributed by atoms with E-state index in [-0.39, 0.29) is 24.2 Å². The molecular weight excluding hydrogens is 334 g/mol. The second kappa shape index (κ2) is 8.09. The molecule has 1 N–H and O–H groups in total. The van der Waals surface area contributed by atoms with E-state index in [1.165, 1.54) is 6.39 Å². The second-order valence-electron chi connectivity index (χ2n) is 6.71. The number of carbonyl (C=O) groups excluding carboxylic acids is 2. The molecule has 1 aromatic carbocycles. The number of nitrogens with one attached hydrogen (secondary N) is 1. The Kier molecular flexibility index (Phi) is 5.62. The standard InChI is InChI=1S/C18H23N5O3/c1-22(2)7-8-23-11-15(9-16(23)24)18(25)19-10-13-3-5-14(6-4-13)17-20-12-26-21-17/h3-6,12,15H,7-11H2,1-2H3,(H,19,25)/t15-/m0/s1. The summed E-state index contributed by atoms with van der Waals surface area (Å²) in [5.41, 5.74) is 1.83. The number of rotatable bonds is 7. The fourth-order valence-corrected chi connectivity index (χ4v) is 2.89. The highest BCUT2D eigenvalue weighted by atomic mass is 16.5. The molecule has 2 amide bonds. The highest BCUT2D eigenvalue weighted by Gasteiger charge is 2.33. The van der Waals surface area contributed by atoms with Crippen LogP contribution in [0.3, 0.4) is 0 Å². The Balaban J connectivity index is 1.49. The van der Waals surface area contributed by atoms with Crippen molar-refractivity contribution in [3.63, 3.8) is 0 Å². The summed E-state index contributed by atoms with van der Waals surface area (Å²) in [5, 5.41) is 6.71. The molecule has 26 heavy (non-hydrogen) atoms. The molecule has 0 saturated carbocycles. The number of hydrogen-bond acceptors (Lipinski definition) is 6. The number of likely N-dealkylation sites (tertiary alicyclic amines) is 1. The van der Waals surface area contributed by atoms with E-state index in [0.29, 0.717) is 25.5 Å². The first-order valence-corrected chi connectivity index (χ1v) is 8.59. The summed E-state index contributed by atoms with van der Waals surface area (Å²) in [6.45, 7) is 2.38. The second-order valence-corrected chi connectivity index (χ2v) is 6.71. The van der Waals surface area contributed by atoms with Crippen LogP contribution in [-0.4, -0.2) is 65.5 Å². The van der Waals surface area contributed by atoms with Gasteiger partial charge in [-0.25, -0.2) is 0 Å². The van der Waals surface area contributed by atoms with Crippen LogP contribution in [0.25, 0.3) is 11.4 Å². The summed E-state index contributed by atoms with van der Waals surface area (Å²) in [5.74, 6) is 0.232. The van der Waals surface area contributed by atoms with Crippen LogP contribution in [0, 0.1) is 5.92 Å². The lowest BCUT2D eigenvalue weighted by molar-refractivity contribution is -0.129. The number of benzene rings is 1. The zero-order valence-electron chi connectivity index (χ0n) is 15.0. The first kappa shape index (κ1) is 18.1. The molecule has 1 saturated heterocycles. The van der Waals surface area contributed by atoms with Crippen LogP contribution < -0.4 is 5.32 Å². The number of aromatic nitrogens is 2. The molecule has 0 spiro atoms. The summed E-state index contributed by atoms with van der Waals surface area (Å²) in [6, 6.07) is 7.59.